The number of nitrogens with zero attached hydrogens (tertiary/aromatic N) is 4. The third kappa shape index (κ3) is 4.14. The molecular formula is C44H26N4. The van der Waals surface area contributed by atoms with Gasteiger partial charge in [-0.25, -0.2) is 0 Å². The Bertz CT molecular complexity index is 2760. The molecule has 9 rings (SSSR count). The molecule has 0 saturated carbocycles. The molecule has 0 aliphatic heterocycles. The van der Waals surface area contributed by atoms with Crippen molar-refractivity contribution in [3.05, 3.63) is 169 Å². The SMILES string of the molecule is N#Cc1ccc2c(c1)c1ccccc1n2-c1ccc(-c2cccc(-c3ccccc3-n3c4ccccc4c4ccccc43)c2)cc1C#N. The van der Waals surface area contributed by atoms with Gasteiger partial charge in [0, 0.05) is 27.1 Å². The smallest absolute Gasteiger partial charge is 0.101 e. The van der Waals surface area contributed by atoms with E-state index >= 15 is 0 Å². The number of rotatable bonds is 4. The fourth-order valence-electron chi connectivity index (χ4n) is 7.26. The van der Waals surface area contributed by atoms with Crippen LogP contribution in [0.25, 0.3) is 77.2 Å². The van der Waals surface area contributed by atoms with Crippen molar-refractivity contribution >= 4 is 43.6 Å². The Morgan fingerprint density at radius 2 is 0.938 bits per heavy atom. The average molecular weight is 611 g/mol. The zero-order chi connectivity index (χ0) is 32.2. The highest BCUT2D eigenvalue weighted by molar-refractivity contribution is 6.11. The van der Waals surface area contributed by atoms with Crippen LogP contribution in [0.15, 0.2) is 158 Å². The molecule has 0 fully saturated rings. The summed E-state index contributed by atoms with van der Waals surface area (Å²) in [6.45, 7) is 0. The van der Waals surface area contributed by atoms with Crippen LogP contribution in [-0.4, -0.2) is 9.13 Å². The van der Waals surface area contributed by atoms with E-state index < -0.39 is 0 Å². The van der Waals surface area contributed by atoms with Crippen molar-refractivity contribution < 1.29 is 0 Å². The second kappa shape index (κ2) is 10.9. The lowest BCUT2D eigenvalue weighted by molar-refractivity contribution is 1.17. The van der Waals surface area contributed by atoms with E-state index in [4.69, 9.17) is 0 Å². The predicted octanol–water partition coefficient (Wildman–Crippen LogP) is 11.0. The van der Waals surface area contributed by atoms with Crippen LogP contribution in [0.5, 0.6) is 0 Å². The summed E-state index contributed by atoms with van der Waals surface area (Å²) in [6, 6.07) is 59.0. The Morgan fingerprint density at radius 1 is 0.375 bits per heavy atom. The molecule has 0 atom stereocenters. The van der Waals surface area contributed by atoms with E-state index in [0.717, 1.165) is 55.4 Å². The molecule has 2 heterocycles. The lowest BCUT2D eigenvalue weighted by Gasteiger charge is -2.15. The van der Waals surface area contributed by atoms with Crippen molar-refractivity contribution in [2.75, 3.05) is 0 Å². The molecule has 0 aliphatic rings. The van der Waals surface area contributed by atoms with E-state index in [-0.39, 0.29) is 0 Å². The number of nitriles is 2. The molecule has 7 aromatic carbocycles. The predicted molar refractivity (Wildman–Crippen MR) is 195 cm³/mol. The van der Waals surface area contributed by atoms with E-state index in [1.54, 1.807) is 0 Å². The third-order valence-corrected chi connectivity index (χ3v) is 9.39. The zero-order valence-electron chi connectivity index (χ0n) is 25.8. The molecule has 0 saturated heterocycles. The Kier molecular flexibility index (Phi) is 6.22. The molecule has 9 aromatic rings. The monoisotopic (exact) mass is 610 g/mol. The van der Waals surface area contributed by atoms with Gasteiger partial charge < -0.3 is 9.13 Å². The zero-order valence-corrected chi connectivity index (χ0v) is 25.8. The molecule has 0 unspecified atom stereocenters. The summed E-state index contributed by atoms with van der Waals surface area (Å²) in [4.78, 5) is 0. The van der Waals surface area contributed by atoms with E-state index in [9.17, 15) is 10.5 Å². The lowest BCUT2D eigenvalue weighted by Crippen LogP contribution is -1.98. The van der Waals surface area contributed by atoms with Gasteiger partial charge in [-0.2, -0.15) is 10.5 Å². The second-order valence-electron chi connectivity index (χ2n) is 12.0. The van der Waals surface area contributed by atoms with Crippen LogP contribution in [0, 0.1) is 22.7 Å². The number of fused-ring (bicyclic) bond motifs is 6. The minimum atomic E-state index is 0.579. The Labute approximate surface area is 277 Å². The molecular weight excluding hydrogens is 585 g/mol. The van der Waals surface area contributed by atoms with Crippen molar-refractivity contribution in [2.45, 2.75) is 0 Å². The maximum absolute atomic E-state index is 10.5. The molecule has 0 radical (unpaired) electrons. The molecule has 4 nitrogen and oxygen atoms in total. The first kappa shape index (κ1) is 27.4. The largest absolute Gasteiger partial charge is 0.309 e. The summed E-state index contributed by atoms with van der Waals surface area (Å²) in [5, 5.41) is 24.5. The van der Waals surface area contributed by atoms with Gasteiger partial charge in [0.1, 0.15) is 6.07 Å². The van der Waals surface area contributed by atoms with Crippen LogP contribution in [0.1, 0.15) is 11.1 Å². The summed E-state index contributed by atoms with van der Waals surface area (Å²) in [5.41, 5.74) is 11.7. The fraction of sp³-hybridized carbons (Fsp3) is 0. The highest BCUT2D eigenvalue weighted by Gasteiger charge is 2.18. The Balaban J connectivity index is 1.18. The van der Waals surface area contributed by atoms with Gasteiger partial charge in [0.25, 0.3) is 0 Å². The first-order valence-electron chi connectivity index (χ1n) is 15.9. The topological polar surface area (TPSA) is 57.4 Å². The molecule has 2 aromatic heterocycles. The number of aromatic nitrogens is 2. The van der Waals surface area contributed by atoms with E-state index in [1.165, 1.54) is 21.8 Å². The Morgan fingerprint density at radius 3 is 1.62 bits per heavy atom. The Hall–Kier alpha value is -6.88. The first-order chi connectivity index (χ1) is 23.7. The number of benzene rings is 7. The molecule has 0 amide bonds. The summed E-state index contributed by atoms with van der Waals surface area (Å²) in [7, 11) is 0. The summed E-state index contributed by atoms with van der Waals surface area (Å²) < 4.78 is 4.49. The van der Waals surface area contributed by atoms with Crippen molar-refractivity contribution in [1.29, 1.82) is 10.5 Å². The fourth-order valence-corrected chi connectivity index (χ4v) is 7.26. The van der Waals surface area contributed by atoms with Crippen molar-refractivity contribution in [3.8, 4) is 45.8 Å². The van der Waals surface area contributed by atoms with Gasteiger partial charge in [0.05, 0.1) is 50.6 Å². The van der Waals surface area contributed by atoms with Crippen LogP contribution in [-0.2, 0) is 0 Å². The minimum Gasteiger partial charge on any atom is -0.309 e. The molecule has 0 aliphatic carbocycles. The normalized spacial score (nSPS) is 11.3. The van der Waals surface area contributed by atoms with Gasteiger partial charge in [0.2, 0.25) is 0 Å². The molecule has 4 heteroatoms. The number of para-hydroxylation sites is 4. The van der Waals surface area contributed by atoms with Crippen molar-refractivity contribution in [2.24, 2.45) is 0 Å². The molecule has 0 bridgehead atoms. The van der Waals surface area contributed by atoms with Gasteiger partial charge in [-0.3, -0.25) is 0 Å². The van der Waals surface area contributed by atoms with E-state index in [2.05, 4.69) is 137 Å². The summed E-state index contributed by atoms with van der Waals surface area (Å²) >= 11 is 0. The highest BCUT2D eigenvalue weighted by Crippen LogP contribution is 2.38. The van der Waals surface area contributed by atoms with Crippen LogP contribution >= 0.6 is 0 Å². The van der Waals surface area contributed by atoms with Gasteiger partial charge in [-0.15, -0.1) is 0 Å². The van der Waals surface area contributed by atoms with Gasteiger partial charge in [0.15, 0.2) is 0 Å². The molecule has 0 N–H and O–H groups in total. The van der Waals surface area contributed by atoms with Gasteiger partial charge in [-0.05, 0) is 77.4 Å². The summed E-state index contributed by atoms with van der Waals surface area (Å²) in [5.74, 6) is 0. The lowest BCUT2D eigenvalue weighted by atomic mass is 9.96. The summed E-state index contributed by atoms with van der Waals surface area (Å²) in [6.07, 6.45) is 0. The quantitative estimate of drug-likeness (QED) is 0.199. The van der Waals surface area contributed by atoms with Gasteiger partial charge >= 0.3 is 0 Å². The standard InChI is InChI=1S/C44H26N4/c45-27-29-20-22-44-38(24-29)37-15-4-8-19-43(37)47(44)39-23-21-31(26-33(39)28-46)30-10-9-11-32(25-30)34-12-1-5-16-40(34)48-41-17-6-2-13-35(41)36-14-3-7-18-42(36)48/h1-26H. The molecule has 222 valence electrons. The number of hydrogen-bond donors (Lipinski definition) is 0. The van der Waals surface area contributed by atoms with Crippen molar-refractivity contribution in [1.82, 2.24) is 9.13 Å². The molecule has 48 heavy (non-hydrogen) atoms. The minimum absolute atomic E-state index is 0.579. The second-order valence-corrected chi connectivity index (χ2v) is 12.0. The number of hydrogen-bond acceptors (Lipinski definition) is 2. The van der Waals surface area contributed by atoms with Crippen molar-refractivity contribution in [3.63, 3.8) is 0 Å². The third-order valence-electron chi connectivity index (χ3n) is 9.39. The van der Waals surface area contributed by atoms with Gasteiger partial charge in [-0.1, -0.05) is 97.1 Å². The molecule has 0 spiro atoms. The average Bonchev–Trinajstić information content (AvgIpc) is 3.67. The first-order valence-corrected chi connectivity index (χ1v) is 15.9. The van der Waals surface area contributed by atoms with Crippen LogP contribution in [0.4, 0.5) is 0 Å². The van der Waals surface area contributed by atoms with Crippen LogP contribution in [0.3, 0.4) is 0 Å². The van der Waals surface area contributed by atoms with Crippen LogP contribution < -0.4 is 0 Å². The van der Waals surface area contributed by atoms with E-state index in [0.29, 0.717) is 11.1 Å². The maximum Gasteiger partial charge on any atom is 0.101 e. The van der Waals surface area contributed by atoms with Crippen LogP contribution in [0.2, 0.25) is 0 Å². The highest BCUT2D eigenvalue weighted by atomic mass is 15.0. The maximum atomic E-state index is 10.5. The van der Waals surface area contributed by atoms with E-state index in [1.807, 2.05) is 42.5 Å².